The highest BCUT2D eigenvalue weighted by atomic mass is 16.5. The summed E-state index contributed by atoms with van der Waals surface area (Å²) in [6.45, 7) is 0. The number of hydrogen-bond donors (Lipinski definition) is 2. The summed E-state index contributed by atoms with van der Waals surface area (Å²) in [5, 5.41) is 19.1. The number of aromatic hydroxyl groups is 2. The minimum Gasteiger partial charge on any atom is -0.508 e. The highest BCUT2D eigenvalue weighted by molar-refractivity contribution is 5.90. The van der Waals surface area contributed by atoms with Crippen LogP contribution in [0.15, 0.2) is 67.0 Å². The van der Waals surface area contributed by atoms with Crippen molar-refractivity contribution in [3.8, 4) is 17.2 Å². The summed E-state index contributed by atoms with van der Waals surface area (Å²) >= 11 is 0. The molecule has 0 aliphatic carbocycles. The molecule has 2 N–H and O–H groups in total. The van der Waals surface area contributed by atoms with E-state index in [0.29, 0.717) is 11.1 Å². The van der Waals surface area contributed by atoms with Crippen LogP contribution in [0.2, 0.25) is 0 Å². The first-order chi connectivity index (χ1) is 12.1. The smallest absolute Gasteiger partial charge is 0.345 e. The van der Waals surface area contributed by atoms with Crippen molar-refractivity contribution in [2.24, 2.45) is 0 Å². The molecule has 0 fully saturated rings. The molecule has 3 rings (SSSR count). The fourth-order valence-electron chi connectivity index (χ4n) is 2.19. The van der Waals surface area contributed by atoms with E-state index in [9.17, 15) is 15.0 Å². The van der Waals surface area contributed by atoms with Crippen molar-refractivity contribution >= 4 is 18.1 Å². The van der Waals surface area contributed by atoms with E-state index >= 15 is 0 Å². The fourth-order valence-corrected chi connectivity index (χ4v) is 2.19. The molecule has 0 saturated heterocycles. The van der Waals surface area contributed by atoms with Gasteiger partial charge in [0.2, 0.25) is 0 Å². The first-order valence-corrected chi connectivity index (χ1v) is 7.53. The van der Waals surface area contributed by atoms with Crippen molar-refractivity contribution in [2.45, 2.75) is 0 Å². The van der Waals surface area contributed by atoms with Gasteiger partial charge in [0.05, 0.1) is 5.56 Å². The maximum atomic E-state index is 12.1. The monoisotopic (exact) mass is 333 g/mol. The lowest BCUT2D eigenvalue weighted by molar-refractivity contribution is 0.0734. The summed E-state index contributed by atoms with van der Waals surface area (Å²) in [6, 6.07) is 14.5. The van der Waals surface area contributed by atoms with Crippen LogP contribution in [0.25, 0.3) is 12.2 Å². The molecule has 2 aromatic carbocycles. The van der Waals surface area contributed by atoms with Crippen LogP contribution in [-0.2, 0) is 0 Å². The molecule has 25 heavy (non-hydrogen) atoms. The number of hydrogen-bond acceptors (Lipinski definition) is 5. The van der Waals surface area contributed by atoms with Gasteiger partial charge in [0.15, 0.2) is 0 Å². The van der Waals surface area contributed by atoms with E-state index < -0.39 is 5.97 Å². The van der Waals surface area contributed by atoms with Crippen molar-refractivity contribution in [2.75, 3.05) is 0 Å². The Morgan fingerprint density at radius 2 is 1.68 bits per heavy atom. The van der Waals surface area contributed by atoms with Crippen molar-refractivity contribution in [3.63, 3.8) is 0 Å². The zero-order valence-electron chi connectivity index (χ0n) is 13.2. The highest BCUT2D eigenvalue weighted by Gasteiger charge is 2.09. The molecule has 0 bridgehead atoms. The second kappa shape index (κ2) is 7.31. The Kier molecular flexibility index (Phi) is 4.76. The Labute approximate surface area is 144 Å². The Morgan fingerprint density at radius 1 is 0.920 bits per heavy atom. The number of esters is 1. The van der Waals surface area contributed by atoms with E-state index in [1.54, 1.807) is 60.8 Å². The van der Waals surface area contributed by atoms with Crippen molar-refractivity contribution < 1.29 is 19.7 Å². The van der Waals surface area contributed by atoms with Gasteiger partial charge in [-0.1, -0.05) is 24.3 Å². The van der Waals surface area contributed by atoms with Crippen LogP contribution in [-0.4, -0.2) is 21.2 Å². The third-order valence-electron chi connectivity index (χ3n) is 3.38. The second-order valence-corrected chi connectivity index (χ2v) is 5.32. The summed E-state index contributed by atoms with van der Waals surface area (Å²) in [5.74, 6) is -0.132. The number of benzene rings is 2. The molecule has 0 amide bonds. The van der Waals surface area contributed by atoms with Crippen LogP contribution in [0.3, 0.4) is 0 Å². The predicted molar refractivity (Wildman–Crippen MR) is 94.3 cm³/mol. The molecule has 124 valence electrons. The number of carbonyl (C=O) groups is 1. The summed E-state index contributed by atoms with van der Waals surface area (Å²) in [5.41, 5.74) is 1.88. The van der Waals surface area contributed by atoms with Crippen LogP contribution < -0.4 is 4.74 Å². The van der Waals surface area contributed by atoms with E-state index in [1.807, 2.05) is 6.08 Å². The maximum Gasteiger partial charge on any atom is 0.345 e. The number of phenolic OH excluding ortho intramolecular Hbond substituents is 2. The van der Waals surface area contributed by atoms with Gasteiger partial charge in [-0.2, -0.15) is 0 Å². The van der Waals surface area contributed by atoms with Gasteiger partial charge in [-0.05, 0) is 47.5 Å². The largest absolute Gasteiger partial charge is 0.508 e. The van der Waals surface area contributed by atoms with Gasteiger partial charge in [0.1, 0.15) is 17.2 Å². The van der Waals surface area contributed by atoms with Crippen LogP contribution >= 0.6 is 0 Å². The SMILES string of the molecule is O=C(Oc1cc(O)cc(/C=C/c2ccc(O)cc2)c1)c1cccnc1. The molecule has 3 aromatic rings. The van der Waals surface area contributed by atoms with Gasteiger partial charge < -0.3 is 14.9 Å². The lowest BCUT2D eigenvalue weighted by atomic mass is 10.1. The van der Waals surface area contributed by atoms with E-state index in [0.717, 1.165) is 5.56 Å². The molecule has 1 heterocycles. The minimum absolute atomic E-state index is 0.0122. The Balaban J connectivity index is 1.78. The predicted octanol–water partition coefficient (Wildman–Crippen LogP) is 3.88. The molecule has 1 aromatic heterocycles. The van der Waals surface area contributed by atoms with Crippen LogP contribution in [0, 0.1) is 0 Å². The maximum absolute atomic E-state index is 12.1. The minimum atomic E-state index is -0.549. The van der Waals surface area contributed by atoms with Gasteiger partial charge in [0.25, 0.3) is 0 Å². The molecule has 0 aliphatic rings. The quantitative estimate of drug-likeness (QED) is 0.430. The van der Waals surface area contributed by atoms with E-state index in [4.69, 9.17) is 4.74 Å². The molecule has 5 nitrogen and oxygen atoms in total. The molecule has 0 spiro atoms. The van der Waals surface area contributed by atoms with E-state index in [2.05, 4.69) is 4.98 Å². The molecule has 0 radical (unpaired) electrons. The topological polar surface area (TPSA) is 79.7 Å². The van der Waals surface area contributed by atoms with Gasteiger partial charge in [-0.3, -0.25) is 4.98 Å². The van der Waals surface area contributed by atoms with Gasteiger partial charge in [-0.15, -0.1) is 0 Å². The normalized spacial score (nSPS) is 10.7. The summed E-state index contributed by atoms with van der Waals surface area (Å²) in [7, 11) is 0. The number of carbonyl (C=O) groups excluding carboxylic acids is 1. The van der Waals surface area contributed by atoms with E-state index in [-0.39, 0.29) is 17.2 Å². The Morgan fingerprint density at radius 3 is 2.40 bits per heavy atom. The Bertz CT molecular complexity index is 903. The lowest BCUT2D eigenvalue weighted by Crippen LogP contribution is -2.08. The van der Waals surface area contributed by atoms with Crippen LogP contribution in [0.5, 0.6) is 17.2 Å². The summed E-state index contributed by atoms with van der Waals surface area (Å²) < 4.78 is 5.28. The second-order valence-electron chi connectivity index (χ2n) is 5.32. The molecular weight excluding hydrogens is 318 g/mol. The van der Waals surface area contributed by atoms with Crippen LogP contribution in [0.1, 0.15) is 21.5 Å². The fraction of sp³-hybridized carbons (Fsp3) is 0. The lowest BCUT2D eigenvalue weighted by Gasteiger charge is -2.06. The average molecular weight is 333 g/mol. The molecular formula is C20H15NO4. The summed E-state index contributed by atoms with van der Waals surface area (Å²) in [6.07, 6.45) is 6.57. The van der Waals surface area contributed by atoms with Gasteiger partial charge in [-0.25, -0.2) is 4.79 Å². The van der Waals surface area contributed by atoms with Crippen molar-refractivity contribution in [1.29, 1.82) is 0 Å². The molecule has 0 aliphatic heterocycles. The number of rotatable bonds is 4. The number of nitrogens with zero attached hydrogens (tertiary/aromatic N) is 1. The third-order valence-corrected chi connectivity index (χ3v) is 3.38. The third kappa shape index (κ3) is 4.45. The number of pyridine rings is 1. The van der Waals surface area contributed by atoms with Crippen LogP contribution in [0.4, 0.5) is 0 Å². The molecule has 0 unspecified atom stereocenters. The van der Waals surface area contributed by atoms with Gasteiger partial charge in [0, 0.05) is 18.5 Å². The standard InChI is InChI=1S/C20H15NO4/c22-17-7-5-14(6-8-17)3-4-15-10-18(23)12-19(11-15)25-20(24)16-2-1-9-21-13-16/h1-13,22-23H/b4-3+. The zero-order valence-corrected chi connectivity index (χ0v) is 13.2. The van der Waals surface area contributed by atoms with Crippen molar-refractivity contribution in [3.05, 3.63) is 83.7 Å². The highest BCUT2D eigenvalue weighted by Crippen LogP contribution is 2.24. The first kappa shape index (κ1) is 16.3. The van der Waals surface area contributed by atoms with E-state index in [1.165, 1.54) is 12.3 Å². The molecule has 0 atom stereocenters. The Hall–Kier alpha value is -3.60. The summed E-state index contributed by atoms with van der Waals surface area (Å²) in [4.78, 5) is 15.9. The van der Waals surface area contributed by atoms with Gasteiger partial charge >= 0.3 is 5.97 Å². The average Bonchev–Trinajstić information content (AvgIpc) is 2.61. The first-order valence-electron chi connectivity index (χ1n) is 7.53. The number of ether oxygens (including phenoxy) is 1. The van der Waals surface area contributed by atoms with Crippen molar-refractivity contribution in [1.82, 2.24) is 4.98 Å². The molecule has 5 heteroatoms. The number of aromatic nitrogens is 1. The number of phenols is 2. The zero-order chi connectivity index (χ0) is 17.6. The molecule has 0 saturated carbocycles.